The largest absolute Gasteiger partial charge is 0.434 e. The summed E-state index contributed by atoms with van der Waals surface area (Å²) < 4.78 is 13.5. The summed E-state index contributed by atoms with van der Waals surface area (Å²) in [6.07, 6.45) is 9.10. The first-order valence-corrected chi connectivity index (χ1v) is 14.1. The van der Waals surface area contributed by atoms with Gasteiger partial charge in [-0.05, 0) is 44.1 Å². The Morgan fingerprint density at radius 1 is 1.13 bits per heavy atom. The third-order valence-electron chi connectivity index (χ3n) is 8.10. The zero-order valence-corrected chi connectivity index (χ0v) is 23.2. The fraction of sp³-hybridized carbons (Fsp3) is 0.556. The average Bonchev–Trinajstić information content (AvgIpc) is 3.53. The monoisotopic (exact) mass is 552 g/mol. The van der Waals surface area contributed by atoms with Crippen molar-refractivity contribution in [3.63, 3.8) is 0 Å². The van der Waals surface area contributed by atoms with Gasteiger partial charge in [-0.15, -0.1) is 5.10 Å². The first-order chi connectivity index (χ1) is 18.9. The van der Waals surface area contributed by atoms with E-state index in [4.69, 9.17) is 35.7 Å². The van der Waals surface area contributed by atoms with Gasteiger partial charge in [-0.3, -0.25) is 4.98 Å². The molecule has 0 spiro atoms. The van der Waals surface area contributed by atoms with Crippen molar-refractivity contribution in [1.29, 1.82) is 0 Å². The van der Waals surface area contributed by atoms with Crippen molar-refractivity contribution in [2.24, 2.45) is 11.8 Å². The second kappa shape index (κ2) is 10.7. The first kappa shape index (κ1) is 25.9. The maximum atomic E-state index is 11.7. The van der Waals surface area contributed by atoms with Crippen molar-refractivity contribution >= 4 is 28.7 Å². The molecule has 0 amide bonds. The zero-order chi connectivity index (χ0) is 27.1. The number of halogens is 1. The number of hydrogen-bond donors (Lipinski definition) is 1. The highest BCUT2D eigenvalue weighted by Crippen LogP contribution is 2.37. The summed E-state index contributed by atoms with van der Waals surface area (Å²) in [4.78, 5) is 33.1. The maximum Gasteiger partial charge on any atom is 0.434 e. The third kappa shape index (κ3) is 5.05. The Hall–Kier alpha value is -3.31. The minimum Gasteiger partial charge on any atom is -0.384 e. The van der Waals surface area contributed by atoms with Gasteiger partial charge in [0.15, 0.2) is 5.65 Å². The number of aromatic amines is 1. The van der Waals surface area contributed by atoms with Crippen molar-refractivity contribution in [3.8, 4) is 23.0 Å². The van der Waals surface area contributed by atoms with Crippen LogP contribution in [-0.4, -0.2) is 60.0 Å². The SMILES string of the molecule is CC[C@@H]1[C@@H](C)OCCN1c1nc2nc(-c3n[nH]c(=O)o3)nc(-c3cncc(Cl)c3)c2n1C[C@H]1CC[C@H](C)CC1. The fourth-order valence-corrected chi connectivity index (χ4v) is 6.19. The van der Waals surface area contributed by atoms with Gasteiger partial charge < -0.3 is 18.6 Å². The second-order valence-corrected chi connectivity index (χ2v) is 11.2. The molecule has 11 nitrogen and oxygen atoms in total. The Kier molecular flexibility index (Phi) is 7.11. The molecular weight excluding hydrogens is 520 g/mol. The normalized spacial score (nSPS) is 23.9. The van der Waals surface area contributed by atoms with E-state index in [1.165, 1.54) is 25.7 Å². The summed E-state index contributed by atoms with van der Waals surface area (Å²) in [5.41, 5.74) is 2.66. The van der Waals surface area contributed by atoms with Gasteiger partial charge >= 0.3 is 5.76 Å². The molecule has 1 saturated carbocycles. The van der Waals surface area contributed by atoms with E-state index in [2.05, 4.69) is 45.4 Å². The molecule has 0 radical (unpaired) electrons. The summed E-state index contributed by atoms with van der Waals surface area (Å²) in [5.74, 6) is 1.63. The zero-order valence-electron chi connectivity index (χ0n) is 22.4. The number of morpholine rings is 1. The maximum absolute atomic E-state index is 11.7. The molecule has 2 aliphatic rings. The highest BCUT2D eigenvalue weighted by molar-refractivity contribution is 6.30. The number of hydrogen-bond acceptors (Lipinski definition) is 9. The Morgan fingerprint density at radius 2 is 1.95 bits per heavy atom. The number of pyridine rings is 1. The smallest absolute Gasteiger partial charge is 0.384 e. The first-order valence-electron chi connectivity index (χ1n) is 13.7. The molecule has 1 saturated heterocycles. The predicted octanol–water partition coefficient (Wildman–Crippen LogP) is 4.72. The van der Waals surface area contributed by atoms with Crippen LogP contribution in [0.25, 0.3) is 34.1 Å². The quantitative estimate of drug-likeness (QED) is 0.361. The number of imidazole rings is 1. The Balaban J connectivity index is 1.58. The number of aromatic nitrogens is 7. The minimum absolute atomic E-state index is 0.00179. The summed E-state index contributed by atoms with van der Waals surface area (Å²) >= 11 is 6.37. The molecule has 206 valence electrons. The van der Waals surface area contributed by atoms with Gasteiger partial charge in [0.25, 0.3) is 5.89 Å². The van der Waals surface area contributed by atoms with Gasteiger partial charge in [0.1, 0.15) is 11.2 Å². The van der Waals surface area contributed by atoms with Crippen LogP contribution in [0.2, 0.25) is 5.02 Å². The van der Waals surface area contributed by atoms with Crippen molar-refractivity contribution < 1.29 is 9.15 Å². The minimum atomic E-state index is -0.675. The molecule has 0 aromatic carbocycles. The summed E-state index contributed by atoms with van der Waals surface area (Å²) in [6, 6.07) is 2.00. The molecule has 0 unspecified atom stereocenters. The summed E-state index contributed by atoms with van der Waals surface area (Å²) in [6.45, 7) is 8.80. The number of fused-ring (bicyclic) bond motifs is 1. The molecule has 4 aromatic rings. The van der Waals surface area contributed by atoms with Crippen LogP contribution in [-0.2, 0) is 11.3 Å². The van der Waals surface area contributed by atoms with Crippen LogP contribution in [0.3, 0.4) is 0 Å². The predicted molar refractivity (Wildman–Crippen MR) is 148 cm³/mol. The third-order valence-corrected chi connectivity index (χ3v) is 8.30. The highest BCUT2D eigenvalue weighted by Gasteiger charge is 2.34. The van der Waals surface area contributed by atoms with E-state index in [0.29, 0.717) is 28.9 Å². The van der Waals surface area contributed by atoms with Crippen LogP contribution in [0.1, 0.15) is 52.9 Å². The van der Waals surface area contributed by atoms with E-state index in [1.54, 1.807) is 12.4 Å². The number of H-pyrrole nitrogens is 1. The molecule has 1 N–H and O–H groups in total. The van der Waals surface area contributed by atoms with E-state index in [0.717, 1.165) is 42.5 Å². The van der Waals surface area contributed by atoms with Gasteiger partial charge in [-0.2, -0.15) is 4.98 Å². The number of nitrogens with one attached hydrogen (secondary N) is 1. The Morgan fingerprint density at radius 3 is 2.67 bits per heavy atom. The highest BCUT2D eigenvalue weighted by atomic mass is 35.5. The lowest BCUT2D eigenvalue weighted by Gasteiger charge is -2.40. The van der Waals surface area contributed by atoms with Gasteiger partial charge in [0.2, 0.25) is 11.8 Å². The lowest BCUT2D eigenvalue weighted by molar-refractivity contribution is 0.0217. The molecule has 12 heteroatoms. The molecule has 1 aliphatic heterocycles. The van der Waals surface area contributed by atoms with Gasteiger partial charge in [0, 0.05) is 31.0 Å². The van der Waals surface area contributed by atoms with E-state index in [-0.39, 0.29) is 23.9 Å². The number of anilines is 1. The van der Waals surface area contributed by atoms with Crippen LogP contribution in [0.5, 0.6) is 0 Å². The summed E-state index contributed by atoms with van der Waals surface area (Å²) in [5, 5.41) is 6.76. The molecule has 2 atom stereocenters. The van der Waals surface area contributed by atoms with E-state index in [1.807, 2.05) is 6.07 Å². The molecule has 4 aromatic heterocycles. The Labute approximate surface area is 231 Å². The molecule has 5 heterocycles. The molecule has 2 fully saturated rings. The van der Waals surface area contributed by atoms with Gasteiger partial charge in [-0.25, -0.2) is 19.9 Å². The van der Waals surface area contributed by atoms with Crippen molar-refractivity contribution in [3.05, 3.63) is 34.0 Å². The van der Waals surface area contributed by atoms with Crippen LogP contribution >= 0.6 is 11.6 Å². The summed E-state index contributed by atoms with van der Waals surface area (Å²) in [7, 11) is 0. The topological polar surface area (TPSA) is 128 Å². The van der Waals surface area contributed by atoms with Gasteiger partial charge in [0.05, 0.1) is 23.8 Å². The molecule has 39 heavy (non-hydrogen) atoms. The van der Waals surface area contributed by atoms with E-state index in [9.17, 15) is 4.79 Å². The molecular formula is C27H33ClN8O3. The van der Waals surface area contributed by atoms with Crippen molar-refractivity contribution in [1.82, 2.24) is 34.7 Å². The number of nitrogens with zero attached hydrogens (tertiary/aromatic N) is 7. The second-order valence-electron chi connectivity index (χ2n) is 10.8. The molecule has 0 bridgehead atoms. The fourth-order valence-electron chi connectivity index (χ4n) is 6.02. The van der Waals surface area contributed by atoms with Crippen LogP contribution in [0.15, 0.2) is 27.7 Å². The standard InChI is InChI=1S/C27H33ClN8O3/c1-4-20-16(3)38-10-9-35(20)26-32-23-22(36(26)14-17-7-5-15(2)6-8-17)21(18-11-19(28)13-29-12-18)30-24(31-23)25-33-34-27(37)39-25/h11-13,15-17,20H,4-10,14H2,1-3H3,(H,34,37)/t15-,16-,17-,20-/m1/s1. The number of rotatable bonds is 6. The lowest BCUT2D eigenvalue weighted by atomic mass is 9.83. The van der Waals surface area contributed by atoms with Crippen LogP contribution < -0.4 is 10.7 Å². The van der Waals surface area contributed by atoms with Crippen molar-refractivity contribution in [2.75, 3.05) is 18.1 Å². The lowest BCUT2D eigenvalue weighted by Crippen LogP contribution is -2.51. The molecule has 6 rings (SSSR count). The Bertz CT molecular complexity index is 1520. The number of ether oxygens (including phenoxy) is 1. The van der Waals surface area contributed by atoms with Crippen molar-refractivity contribution in [2.45, 2.75) is 71.6 Å². The average molecular weight is 553 g/mol. The van der Waals surface area contributed by atoms with Gasteiger partial charge in [-0.1, -0.05) is 38.3 Å². The van der Waals surface area contributed by atoms with Crippen LogP contribution in [0.4, 0.5) is 5.95 Å². The van der Waals surface area contributed by atoms with E-state index >= 15 is 0 Å². The molecule has 1 aliphatic carbocycles. The van der Waals surface area contributed by atoms with E-state index < -0.39 is 5.76 Å². The van der Waals surface area contributed by atoms with Crippen LogP contribution in [0, 0.1) is 11.8 Å².